The van der Waals surface area contributed by atoms with Crippen molar-refractivity contribution in [2.45, 2.75) is 125 Å². The van der Waals surface area contributed by atoms with Crippen LogP contribution < -0.4 is 5.32 Å². The first-order valence-corrected chi connectivity index (χ1v) is 19.7. The molecule has 10 nitrogen and oxygen atoms in total. The molecule has 10 heteroatoms. The van der Waals surface area contributed by atoms with Crippen LogP contribution in [0.1, 0.15) is 111 Å². The SMILES string of the molecule is CC1=C2[C@@H](OC(=O)c3ccccc3)C(=O)[C@@]3(C)C([C@H](C)[C@](O)(C[C@@H]1OC(=O)[C@H](C)[C@@H](NC(=O)OC(C)(C)C)c1ccccc1)C2(C)C)[C@]1(C)CO[C@@H]1C[C@@H]3C. The van der Waals surface area contributed by atoms with Crippen molar-refractivity contribution in [3.05, 3.63) is 82.9 Å². The summed E-state index contributed by atoms with van der Waals surface area (Å²) in [5, 5.41) is 16.3. The fourth-order valence-electron chi connectivity index (χ4n) is 10.7. The summed E-state index contributed by atoms with van der Waals surface area (Å²) < 4.78 is 24.5. The summed E-state index contributed by atoms with van der Waals surface area (Å²) in [6.07, 6.45) is -2.38. The van der Waals surface area contributed by atoms with Gasteiger partial charge in [0.25, 0.3) is 0 Å². The Morgan fingerprint density at radius 1 is 0.945 bits per heavy atom. The Hall–Kier alpha value is -4.02. The second kappa shape index (κ2) is 14.2. The van der Waals surface area contributed by atoms with Gasteiger partial charge >= 0.3 is 18.0 Å². The van der Waals surface area contributed by atoms with E-state index in [9.17, 15) is 19.5 Å². The van der Waals surface area contributed by atoms with Crippen molar-refractivity contribution in [1.29, 1.82) is 0 Å². The number of rotatable bonds is 7. The Labute approximate surface area is 325 Å². The van der Waals surface area contributed by atoms with Gasteiger partial charge in [0.15, 0.2) is 11.9 Å². The molecule has 0 spiro atoms. The summed E-state index contributed by atoms with van der Waals surface area (Å²) in [5.41, 5.74) is -2.80. The maximum Gasteiger partial charge on any atom is 0.408 e. The highest BCUT2D eigenvalue weighted by molar-refractivity contribution is 5.97. The van der Waals surface area contributed by atoms with Gasteiger partial charge in [-0.1, -0.05) is 90.1 Å². The average molecular weight is 758 g/mol. The lowest BCUT2D eigenvalue weighted by molar-refractivity contribution is -0.293. The van der Waals surface area contributed by atoms with Crippen LogP contribution in [-0.2, 0) is 28.5 Å². The quantitative estimate of drug-likeness (QED) is 0.165. The third-order valence-electron chi connectivity index (χ3n) is 13.9. The van der Waals surface area contributed by atoms with Gasteiger partial charge in [0.2, 0.25) is 0 Å². The van der Waals surface area contributed by atoms with Crippen molar-refractivity contribution >= 4 is 23.8 Å². The number of hydrogen-bond donors (Lipinski definition) is 2. The van der Waals surface area contributed by atoms with Crippen LogP contribution in [0.25, 0.3) is 0 Å². The fraction of sp³-hybridized carbons (Fsp3) is 0.600. The average Bonchev–Trinajstić information content (AvgIpc) is 3.12. The van der Waals surface area contributed by atoms with E-state index in [-0.39, 0.29) is 30.1 Å². The number of alkyl carbamates (subject to hydrolysis) is 1. The first-order chi connectivity index (χ1) is 25.6. The minimum absolute atomic E-state index is 0.0561. The van der Waals surface area contributed by atoms with Gasteiger partial charge in [0, 0.05) is 22.7 Å². The highest BCUT2D eigenvalue weighted by Gasteiger charge is 2.72. The van der Waals surface area contributed by atoms with Gasteiger partial charge in [0.1, 0.15) is 11.7 Å². The van der Waals surface area contributed by atoms with Gasteiger partial charge in [-0.2, -0.15) is 0 Å². The summed E-state index contributed by atoms with van der Waals surface area (Å²) in [7, 11) is 0. The van der Waals surface area contributed by atoms with E-state index < -0.39 is 75.6 Å². The minimum Gasteiger partial charge on any atom is -0.457 e. The van der Waals surface area contributed by atoms with Crippen molar-refractivity contribution < 1.29 is 43.2 Å². The Morgan fingerprint density at radius 3 is 2.11 bits per heavy atom. The number of fused-ring (bicyclic) bond motifs is 5. The molecule has 3 aliphatic carbocycles. The van der Waals surface area contributed by atoms with Crippen molar-refractivity contribution in [2.75, 3.05) is 6.61 Å². The van der Waals surface area contributed by atoms with E-state index in [2.05, 4.69) is 19.2 Å². The largest absolute Gasteiger partial charge is 0.457 e. The zero-order valence-electron chi connectivity index (χ0n) is 34.2. The predicted molar refractivity (Wildman–Crippen MR) is 207 cm³/mol. The first kappa shape index (κ1) is 40.6. The number of aliphatic hydroxyl groups is 1. The van der Waals surface area contributed by atoms with Crippen molar-refractivity contribution in [3.63, 3.8) is 0 Å². The molecule has 3 fully saturated rings. The highest BCUT2D eigenvalue weighted by Crippen LogP contribution is 2.68. The molecule has 2 saturated carbocycles. The van der Waals surface area contributed by atoms with E-state index in [4.69, 9.17) is 18.9 Å². The van der Waals surface area contributed by atoms with Gasteiger partial charge < -0.3 is 29.4 Å². The second-order valence-electron chi connectivity index (χ2n) is 18.6. The minimum atomic E-state index is -1.52. The van der Waals surface area contributed by atoms with Gasteiger partial charge in [-0.25, -0.2) is 9.59 Å². The maximum atomic E-state index is 15.5. The van der Waals surface area contributed by atoms with Crippen LogP contribution in [0.5, 0.6) is 0 Å². The zero-order chi connectivity index (χ0) is 40.5. The normalized spacial score (nSPS) is 35.0. The van der Waals surface area contributed by atoms with Crippen molar-refractivity contribution in [2.24, 2.45) is 39.9 Å². The molecule has 2 bridgehead atoms. The third kappa shape index (κ3) is 6.71. The lowest BCUT2D eigenvalue weighted by Gasteiger charge is -2.69. The van der Waals surface area contributed by atoms with Crippen molar-refractivity contribution in [1.82, 2.24) is 5.32 Å². The smallest absolute Gasteiger partial charge is 0.408 e. The van der Waals surface area contributed by atoms with Crippen LogP contribution in [0.3, 0.4) is 0 Å². The Bertz CT molecular complexity index is 1850. The molecule has 2 aromatic rings. The van der Waals surface area contributed by atoms with Crippen molar-refractivity contribution in [3.8, 4) is 0 Å². The molecule has 0 radical (unpaired) electrons. The number of carbonyl (C=O) groups excluding carboxylic acids is 4. The summed E-state index contributed by atoms with van der Waals surface area (Å²) in [5.74, 6) is -3.33. The topological polar surface area (TPSA) is 137 Å². The van der Waals surface area contributed by atoms with Crippen LogP contribution >= 0.6 is 0 Å². The molecule has 1 amide bonds. The molecule has 0 aromatic heterocycles. The van der Waals surface area contributed by atoms with E-state index in [0.29, 0.717) is 35.3 Å². The van der Waals surface area contributed by atoms with Crippen LogP contribution in [0.15, 0.2) is 71.8 Å². The number of Topliss-reactive ketones (excluding diaryl/α,β-unsaturated/α-hetero) is 1. The lowest BCUT2D eigenvalue weighted by Crippen LogP contribution is -2.74. The molecule has 2 N–H and O–H groups in total. The van der Waals surface area contributed by atoms with Gasteiger partial charge in [-0.3, -0.25) is 9.59 Å². The third-order valence-corrected chi connectivity index (χ3v) is 13.9. The predicted octanol–water partition coefficient (Wildman–Crippen LogP) is 7.79. The van der Waals surface area contributed by atoms with E-state index in [1.54, 1.807) is 65.0 Å². The standard InChI is InChI=1S/C45H59NO9/c1-25-22-32-43(10,24-52-32)36-28(4)45(51)23-31(53-38(48)27(3)34(29-18-14-12-15-19-29)46-40(50)55-41(5,6)7)26(2)33(42(45,8)9)35(37(47)44(25,36)11)54-39(49)30-20-16-13-17-21-30/h12-21,25,27-28,31-32,34-36,51H,22-24H2,1-11H3,(H,46,50)/t25-,27+,28-,31-,32+,34+,35+,36?,43+,44+,45+/m0/s1. The Morgan fingerprint density at radius 2 is 1.55 bits per heavy atom. The number of ketones is 1. The van der Waals surface area contributed by atoms with Gasteiger partial charge in [0.05, 0.1) is 35.8 Å². The summed E-state index contributed by atoms with van der Waals surface area (Å²) in [4.78, 5) is 56.9. The second-order valence-corrected chi connectivity index (χ2v) is 18.6. The van der Waals surface area contributed by atoms with E-state index in [0.717, 1.165) is 0 Å². The van der Waals surface area contributed by atoms with E-state index in [1.807, 2.05) is 58.0 Å². The summed E-state index contributed by atoms with van der Waals surface area (Å²) in [6.45, 7) is 21.2. The monoisotopic (exact) mass is 757 g/mol. The van der Waals surface area contributed by atoms with E-state index in [1.165, 1.54) is 0 Å². The lowest BCUT2D eigenvalue weighted by atomic mass is 9.39. The zero-order valence-corrected chi connectivity index (χ0v) is 34.2. The Kier molecular flexibility index (Phi) is 10.5. The number of nitrogens with one attached hydrogen (secondary N) is 1. The fourth-order valence-corrected chi connectivity index (χ4v) is 10.7. The van der Waals surface area contributed by atoms with Gasteiger partial charge in [-0.15, -0.1) is 0 Å². The molecule has 1 heterocycles. The molecule has 11 atom stereocenters. The van der Waals surface area contributed by atoms with Crippen LogP contribution in [0, 0.1) is 39.9 Å². The molecule has 2 aromatic carbocycles. The van der Waals surface area contributed by atoms with Crippen LogP contribution in [0.2, 0.25) is 0 Å². The molecule has 55 heavy (non-hydrogen) atoms. The molecular weight excluding hydrogens is 698 g/mol. The maximum absolute atomic E-state index is 15.5. The number of benzene rings is 2. The summed E-state index contributed by atoms with van der Waals surface area (Å²) in [6, 6.07) is 16.9. The number of amides is 1. The van der Waals surface area contributed by atoms with Crippen LogP contribution in [0.4, 0.5) is 4.79 Å². The molecule has 1 aliphatic heterocycles. The highest BCUT2D eigenvalue weighted by atomic mass is 16.6. The molecule has 1 saturated heterocycles. The molecule has 6 rings (SSSR count). The number of esters is 2. The number of hydrogen-bond acceptors (Lipinski definition) is 9. The molecular formula is C45H59NO9. The Balaban J connectivity index is 1.45. The van der Waals surface area contributed by atoms with Crippen LogP contribution in [-0.4, -0.2) is 65.0 Å². The number of ether oxygens (including phenoxy) is 4. The first-order valence-electron chi connectivity index (χ1n) is 19.7. The molecule has 4 aliphatic rings. The summed E-state index contributed by atoms with van der Waals surface area (Å²) >= 11 is 0. The van der Waals surface area contributed by atoms with Gasteiger partial charge in [-0.05, 0) is 87.6 Å². The van der Waals surface area contributed by atoms with E-state index >= 15 is 4.79 Å². The number of carbonyl (C=O) groups is 4. The molecule has 1 unspecified atom stereocenters. The molecule has 298 valence electrons.